The number of anilines is 1. The molecule has 0 aromatic heterocycles. The van der Waals surface area contributed by atoms with E-state index in [2.05, 4.69) is 10.3 Å². The molecular weight excluding hydrogens is 297 g/mol. The predicted octanol–water partition coefficient (Wildman–Crippen LogP) is 2.43. The molecule has 0 saturated heterocycles. The van der Waals surface area contributed by atoms with E-state index in [1.54, 1.807) is 19.2 Å². The lowest BCUT2D eigenvalue weighted by molar-refractivity contribution is 0.182. The third-order valence-corrected chi connectivity index (χ3v) is 3.28. The number of aliphatic hydroxyl groups is 1. The summed E-state index contributed by atoms with van der Waals surface area (Å²) in [6.45, 7) is 0.403. The summed E-state index contributed by atoms with van der Waals surface area (Å²) < 4.78 is 18.7. The molecule has 0 radical (unpaired) electrons. The predicted molar refractivity (Wildman–Crippen MR) is 88.6 cm³/mol. The molecule has 0 heterocycles. The number of nitrogens with zero attached hydrogens (tertiary/aromatic N) is 1. The Morgan fingerprint density at radius 3 is 2.70 bits per heavy atom. The van der Waals surface area contributed by atoms with Crippen molar-refractivity contribution >= 4 is 11.6 Å². The number of nitrogens with one attached hydrogen (secondary N) is 1. The van der Waals surface area contributed by atoms with E-state index < -0.39 is 11.9 Å². The van der Waals surface area contributed by atoms with Crippen LogP contribution in [0.2, 0.25) is 0 Å². The largest absolute Gasteiger partial charge is 0.386 e. The minimum atomic E-state index is -1.05. The van der Waals surface area contributed by atoms with Crippen molar-refractivity contribution in [3.63, 3.8) is 0 Å². The topological polar surface area (TPSA) is 79.9 Å². The van der Waals surface area contributed by atoms with Gasteiger partial charge in [-0.1, -0.05) is 36.4 Å². The number of halogens is 1. The van der Waals surface area contributed by atoms with Gasteiger partial charge < -0.3 is 20.9 Å². The minimum Gasteiger partial charge on any atom is -0.386 e. The summed E-state index contributed by atoms with van der Waals surface area (Å²) in [5.41, 5.74) is 7.73. The Bertz CT molecular complexity index is 676. The van der Waals surface area contributed by atoms with Gasteiger partial charge in [0.2, 0.25) is 0 Å². The van der Waals surface area contributed by atoms with Gasteiger partial charge in [-0.05, 0) is 12.1 Å². The lowest BCUT2D eigenvalue weighted by Gasteiger charge is -2.12. The first-order chi connectivity index (χ1) is 11.1. The number of benzene rings is 2. The summed E-state index contributed by atoms with van der Waals surface area (Å²) in [4.78, 5) is 4.06. The molecule has 122 valence electrons. The van der Waals surface area contributed by atoms with Crippen molar-refractivity contribution in [3.8, 4) is 0 Å². The van der Waals surface area contributed by atoms with Crippen LogP contribution < -0.4 is 11.1 Å². The van der Waals surface area contributed by atoms with Crippen molar-refractivity contribution in [3.05, 3.63) is 65.5 Å². The molecule has 6 heteroatoms. The van der Waals surface area contributed by atoms with E-state index in [1.807, 2.05) is 24.3 Å². The van der Waals surface area contributed by atoms with Gasteiger partial charge in [-0.2, -0.15) is 0 Å². The average molecular weight is 317 g/mol. The molecule has 0 bridgehead atoms. The van der Waals surface area contributed by atoms with Crippen molar-refractivity contribution in [1.29, 1.82) is 0 Å². The molecule has 2 rings (SSSR count). The lowest BCUT2D eigenvalue weighted by Crippen LogP contribution is -2.24. The molecule has 4 N–H and O–H groups in total. The number of hydrogen-bond donors (Lipinski definition) is 3. The maximum atomic E-state index is 13.6. The van der Waals surface area contributed by atoms with E-state index in [0.29, 0.717) is 6.61 Å². The maximum Gasteiger partial charge on any atom is 0.193 e. The average Bonchev–Trinajstić information content (AvgIpc) is 2.55. The normalized spacial score (nSPS) is 12.9. The van der Waals surface area contributed by atoms with E-state index in [-0.39, 0.29) is 18.1 Å². The van der Waals surface area contributed by atoms with Crippen LogP contribution in [-0.4, -0.2) is 24.7 Å². The summed E-state index contributed by atoms with van der Waals surface area (Å²) >= 11 is 0. The number of rotatable bonds is 6. The molecular formula is C17H20FN3O2. The van der Waals surface area contributed by atoms with Gasteiger partial charge in [-0.3, -0.25) is 4.99 Å². The van der Waals surface area contributed by atoms with E-state index in [1.165, 1.54) is 12.1 Å². The Morgan fingerprint density at radius 2 is 1.96 bits per heavy atom. The van der Waals surface area contributed by atoms with Crippen LogP contribution in [0, 0.1) is 5.82 Å². The van der Waals surface area contributed by atoms with Crippen molar-refractivity contribution in [2.75, 3.05) is 19.0 Å². The fourth-order valence-electron chi connectivity index (χ4n) is 2.13. The molecule has 0 amide bonds. The Hall–Kier alpha value is -2.44. The highest BCUT2D eigenvalue weighted by molar-refractivity contribution is 5.92. The summed E-state index contributed by atoms with van der Waals surface area (Å²) in [5.74, 6) is -0.323. The van der Waals surface area contributed by atoms with Crippen LogP contribution in [0.5, 0.6) is 0 Å². The molecule has 0 spiro atoms. The van der Waals surface area contributed by atoms with E-state index >= 15 is 0 Å². The quantitative estimate of drug-likeness (QED) is 0.565. The first-order valence-electron chi connectivity index (χ1n) is 7.18. The Kier molecular flexibility index (Phi) is 6.08. The highest BCUT2D eigenvalue weighted by atomic mass is 19.1. The van der Waals surface area contributed by atoms with Gasteiger partial charge in [0.25, 0.3) is 0 Å². The molecule has 23 heavy (non-hydrogen) atoms. The Labute approximate surface area is 134 Å². The molecule has 5 nitrogen and oxygen atoms in total. The second kappa shape index (κ2) is 8.26. The summed E-state index contributed by atoms with van der Waals surface area (Å²) in [5, 5.41) is 13.0. The van der Waals surface area contributed by atoms with Crippen molar-refractivity contribution in [2.24, 2.45) is 10.7 Å². The van der Waals surface area contributed by atoms with Gasteiger partial charge in [0.15, 0.2) is 5.96 Å². The summed E-state index contributed by atoms with van der Waals surface area (Å²) in [7, 11) is 1.61. The fraction of sp³-hybridized carbons (Fsp3) is 0.235. The fourth-order valence-corrected chi connectivity index (χ4v) is 2.13. The molecule has 0 aliphatic heterocycles. The molecule has 0 fully saturated rings. The molecule has 2 aromatic rings. The van der Waals surface area contributed by atoms with Gasteiger partial charge in [-0.25, -0.2) is 4.39 Å². The first kappa shape index (κ1) is 16.9. The summed E-state index contributed by atoms with van der Waals surface area (Å²) in [6, 6.07) is 13.6. The zero-order valence-electron chi connectivity index (χ0n) is 12.9. The minimum absolute atomic E-state index is 0.0355. The first-order valence-corrected chi connectivity index (χ1v) is 7.18. The number of methoxy groups -OCH3 is 1. The molecule has 1 atom stereocenters. The smallest absolute Gasteiger partial charge is 0.193 e. The van der Waals surface area contributed by atoms with Crippen LogP contribution in [0.15, 0.2) is 53.5 Å². The third-order valence-electron chi connectivity index (χ3n) is 3.28. The monoisotopic (exact) mass is 317 g/mol. The van der Waals surface area contributed by atoms with E-state index in [9.17, 15) is 9.50 Å². The number of aliphatic imine (C=N–C) groups is 1. The third kappa shape index (κ3) is 4.77. The summed E-state index contributed by atoms with van der Waals surface area (Å²) in [6.07, 6.45) is -1.05. The van der Waals surface area contributed by atoms with Crippen LogP contribution in [0.25, 0.3) is 0 Å². The lowest BCUT2D eigenvalue weighted by atomic mass is 10.1. The highest BCUT2D eigenvalue weighted by Gasteiger charge is 2.11. The van der Waals surface area contributed by atoms with Crippen LogP contribution in [-0.2, 0) is 11.3 Å². The van der Waals surface area contributed by atoms with Gasteiger partial charge in [-0.15, -0.1) is 0 Å². The number of nitrogens with two attached hydrogens (primary N) is 1. The van der Waals surface area contributed by atoms with E-state index in [4.69, 9.17) is 10.5 Å². The Morgan fingerprint density at radius 1 is 1.26 bits per heavy atom. The van der Waals surface area contributed by atoms with Gasteiger partial charge in [0.1, 0.15) is 11.9 Å². The zero-order chi connectivity index (χ0) is 16.7. The molecule has 0 aliphatic rings. The van der Waals surface area contributed by atoms with Gasteiger partial charge in [0.05, 0.1) is 13.2 Å². The van der Waals surface area contributed by atoms with Gasteiger partial charge in [0, 0.05) is 23.9 Å². The molecule has 0 saturated carbocycles. The highest BCUT2D eigenvalue weighted by Crippen LogP contribution is 2.18. The van der Waals surface area contributed by atoms with E-state index in [0.717, 1.165) is 11.3 Å². The van der Waals surface area contributed by atoms with Crippen LogP contribution in [0.1, 0.15) is 17.2 Å². The maximum absolute atomic E-state index is 13.6. The number of guanidine groups is 1. The number of hydrogen-bond acceptors (Lipinski definition) is 3. The second-order valence-electron chi connectivity index (χ2n) is 4.98. The SMILES string of the molecule is COCc1ccccc1NC(N)=NCC(O)c1ccccc1F. The molecule has 1 unspecified atom stereocenters. The number of aliphatic hydroxyl groups excluding tert-OH is 1. The number of para-hydroxylation sites is 1. The van der Waals surface area contributed by atoms with Gasteiger partial charge >= 0.3 is 0 Å². The second-order valence-corrected chi connectivity index (χ2v) is 4.98. The van der Waals surface area contributed by atoms with Crippen LogP contribution in [0.4, 0.5) is 10.1 Å². The Balaban J connectivity index is 2.02. The number of ether oxygens (including phenoxy) is 1. The van der Waals surface area contributed by atoms with Crippen molar-refractivity contribution < 1.29 is 14.2 Å². The zero-order valence-corrected chi connectivity index (χ0v) is 12.9. The molecule has 2 aromatic carbocycles. The van der Waals surface area contributed by atoms with Crippen molar-refractivity contribution in [2.45, 2.75) is 12.7 Å². The van der Waals surface area contributed by atoms with Crippen LogP contribution in [0.3, 0.4) is 0 Å². The van der Waals surface area contributed by atoms with Crippen molar-refractivity contribution in [1.82, 2.24) is 0 Å². The standard InChI is InChI=1S/C17H20FN3O2/c1-23-11-12-6-2-5-9-15(12)21-17(19)20-10-16(22)13-7-3-4-8-14(13)18/h2-9,16,22H,10-11H2,1H3,(H3,19,20,21). The molecule has 0 aliphatic carbocycles. The van der Waals surface area contributed by atoms with Crippen LogP contribution >= 0.6 is 0 Å².